The minimum Gasteiger partial charge on any atom is -0.481 e. The number of nitrogens with zero attached hydrogens (tertiary/aromatic N) is 2. The van der Waals surface area contributed by atoms with Crippen LogP contribution in [0.15, 0.2) is 65.3 Å². The summed E-state index contributed by atoms with van der Waals surface area (Å²) in [7, 11) is 0. The lowest BCUT2D eigenvalue weighted by atomic mass is 10.1. The van der Waals surface area contributed by atoms with Crippen molar-refractivity contribution in [3.63, 3.8) is 0 Å². The molecule has 0 spiro atoms. The summed E-state index contributed by atoms with van der Waals surface area (Å²) in [5.74, 6) is -0.731. The Bertz CT molecular complexity index is 852. The van der Waals surface area contributed by atoms with Crippen LogP contribution in [0.5, 0.6) is 0 Å². The molecular weight excluding hydrogens is 316 g/mol. The third kappa shape index (κ3) is 3.83. The zero-order chi connectivity index (χ0) is 17.8. The highest BCUT2D eigenvalue weighted by atomic mass is 16.4. The molecule has 0 saturated carbocycles. The fourth-order valence-corrected chi connectivity index (χ4v) is 2.60. The van der Waals surface area contributed by atoms with Crippen LogP contribution in [-0.2, 0) is 9.59 Å². The number of carbonyl (C=O) groups is 2. The Balaban J connectivity index is 1.98. The topological polar surface area (TPSA) is 70.0 Å². The van der Waals surface area contributed by atoms with Gasteiger partial charge in [-0.3, -0.25) is 14.5 Å². The summed E-state index contributed by atoms with van der Waals surface area (Å²) in [4.78, 5) is 29.6. The van der Waals surface area contributed by atoms with Gasteiger partial charge in [0, 0.05) is 12.1 Å². The molecule has 0 atom stereocenters. The normalized spacial score (nSPS) is 15.6. The van der Waals surface area contributed by atoms with Gasteiger partial charge in [-0.2, -0.15) is 0 Å². The number of amidine groups is 1. The summed E-state index contributed by atoms with van der Waals surface area (Å²) in [5, 5.41) is 8.96. The Kier molecular flexibility index (Phi) is 4.75. The molecule has 25 heavy (non-hydrogen) atoms. The van der Waals surface area contributed by atoms with Crippen LogP contribution in [0.1, 0.15) is 23.1 Å². The molecule has 0 fully saturated rings. The van der Waals surface area contributed by atoms with Crippen LogP contribution in [0.4, 0.5) is 0 Å². The summed E-state index contributed by atoms with van der Waals surface area (Å²) in [6.07, 6.45) is 1.59. The smallest absolute Gasteiger partial charge is 0.305 e. The molecule has 5 nitrogen and oxygen atoms in total. The number of aliphatic imine (C=N–C) groups is 1. The Morgan fingerprint density at radius 1 is 1.12 bits per heavy atom. The Morgan fingerprint density at radius 2 is 1.80 bits per heavy atom. The first-order valence-electron chi connectivity index (χ1n) is 8.01. The maximum Gasteiger partial charge on any atom is 0.305 e. The molecule has 0 bridgehead atoms. The van der Waals surface area contributed by atoms with E-state index < -0.39 is 5.97 Å². The number of benzene rings is 2. The fourth-order valence-electron chi connectivity index (χ4n) is 2.60. The van der Waals surface area contributed by atoms with Crippen LogP contribution in [0.2, 0.25) is 0 Å². The lowest BCUT2D eigenvalue weighted by molar-refractivity contribution is -0.137. The molecule has 126 valence electrons. The van der Waals surface area contributed by atoms with Gasteiger partial charge in [0.2, 0.25) is 0 Å². The second kappa shape index (κ2) is 7.13. The second-order valence-corrected chi connectivity index (χ2v) is 5.84. The van der Waals surface area contributed by atoms with Crippen LogP contribution in [-0.4, -0.2) is 34.3 Å². The maximum atomic E-state index is 12.7. The van der Waals surface area contributed by atoms with Gasteiger partial charge in [-0.15, -0.1) is 0 Å². The van der Waals surface area contributed by atoms with Gasteiger partial charge in [0.05, 0.1) is 6.42 Å². The first-order chi connectivity index (χ1) is 12.0. The van der Waals surface area contributed by atoms with Crippen molar-refractivity contribution in [3.8, 4) is 0 Å². The molecule has 0 aliphatic carbocycles. The van der Waals surface area contributed by atoms with E-state index in [-0.39, 0.29) is 18.9 Å². The molecule has 1 aliphatic heterocycles. The van der Waals surface area contributed by atoms with Crippen molar-refractivity contribution >= 4 is 23.8 Å². The highest BCUT2D eigenvalue weighted by molar-refractivity contribution is 6.19. The number of aliphatic carboxylic acids is 1. The Hall–Kier alpha value is -3.21. The van der Waals surface area contributed by atoms with Gasteiger partial charge < -0.3 is 5.11 Å². The number of hydrogen-bond donors (Lipinski definition) is 1. The Morgan fingerprint density at radius 3 is 2.44 bits per heavy atom. The van der Waals surface area contributed by atoms with Gasteiger partial charge in [0.1, 0.15) is 11.5 Å². The van der Waals surface area contributed by atoms with Crippen molar-refractivity contribution in [1.29, 1.82) is 0 Å². The van der Waals surface area contributed by atoms with Crippen LogP contribution < -0.4 is 0 Å². The maximum absolute atomic E-state index is 12.7. The van der Waals surface area contributed by atoms with Gasteiger partial charge in [0.25, 0.3) is 5.91 Å². The molecule has 2 aromatic rings. The molecule has 0 radical (unpaired) electrons. The number of aryl methyl sites for hydroxylation is 1. The predicted octanol–water partition coefficient (Wildman–Crippen LogP) is 3.10. The van der Waals surface area contributed by atoms with Crippen LogP contribution >= 0.6 is 0 Å². The van der Waals surface area contributed by atoms with Gasteiger partial charge in [-0.05, 0) is 18.6 Å². The molecule has 0 unspecified atom stereocenters. The van der Waals surface area contributed by atoms with E-state index in [9.17, 15) is 9.59 Å². The van der Waals surface area contributed by atoms with Crippen molar-refractivity contribution in [2.24, 2.45) is 4.99 Å². The molecule has 2 aromatic carbocycles. The van der Waals surface area contributed by atoms with Crippen molar-refractivity contribution < 1.29 is 14.7 Å². The third-order valence-corrected chi connectivity index (χ3v) is 3.91. The minimum absolute atomic E-state index is 0.0903. The fraction of sp³-hybridized carbons (Fsp3) is 0.150. The lowest BCUT2D eigenvalue weighted by Crippen LogP contribution is -2.34. The van der Waals surface area contributed by atoms with Crippen molar-refractivity contribution in [2.75, 3.05) is 6.54 Å². The molecule has 1 heterocycles. The first-order valence-corrected chi connectivity index (χ1v) is 8.01. The van der Waals surface area contributed by atoms with Crippen molar-refractivity contribution in [1.82, 2.24) is 4.90 Å². The van der Waals surface area contributed by atoms with E-state index in [0.717, 1.165) is 16.7 Å². The number of hydrogen-bond acceptors (Lipinski definition) is 3. The molecule has 3 rings (SSSR count). The van der Waals surface area contributed by atoms with E-state index in [1.807, 2.05) is 61.5 Å². The van der Waals surface area contributed by atoms with Gasteiger partial charge in [-0.1, -0.05) is 60.2 Å². The summed E-state index contributed by atoms with van der Waals surface area (Å²) in [5.41, 5.74) is 3.08. The quantitative estimate of drug-likeness (QED) is 0.854. The molecule has 0 aromatic heterocycles. The lowest BCUT2D eigenvalue weighted by Gasteiger charge is -2.17. The number of carbonyl (C=O) groups excluding carboxylic acids is 1. The predicted molar refractivity (Wildman–Crippen MR) is 96.1 cm³/mol. The summed E-state index contributed by atoms with van der Waals surface area (Å²) in [6.45, 7) is 2.07. The van der Waals surface area contributed by atoms with Crippen molar-refractivity contribution in [3.05, 3.63) is 77.0 Å². The third-order valence-electron chi connectivity index (χ3n) is 3.91. The average molecular weight is 334 g/mol. The number of amides is 1. The zero-order valence-electron chi connectivity index (χ0n) is 13.8. The number of rotatable bonds is 5. The molecule has 5 heteroatoms. The molecule has 1 amide bonds. The largest absolute Gasteiger partial charge is 0.481 e. The first kappa shape index (κ1) is 16.6. The monoisotopic (exact) mass is 334 g/mol. The average Bonchev–Trinajstić information content (AvgIpc) is 2.90. The van der Waals surface area contributed by atoms with Gasteiger partial charge in [-0.25, -0.2) is 4.99 Å². The summed E-state index contributed by atoms with van der Waals surface area (Å²) >= 11 is 0. The minimum atomic E-state index is -0.948. The summed E-state index contributed by atoms with van der Waals surface area (Å²) in [6, 6.07) is 17.1. The van der Waals surface area contributed by atoms with Gasteiger partial charge >= 0.3 is 5.97 Å². The van der Waals surface area contributed by atoms with Crippen LogP contribution in [0.25, 0.3) is 6.08 Å². The molecular formula is C20H18N2O3. The van der Waals surface area contributed by atoms with E-state index in [1.165, 1.54) is 4.90 Å². The van der Waals surface area contributed by atoms with E-state index in [2.05, 4.69) is 4.99 Å². The van der Waals surface area contributed by atoms with Crippen LogP contribution in [0, 0.1) is 6.92 Å². The number of carboxylic acids is 1. The van der Waals surface area contributed by atoms with E-state index in [4.69, 9.17) is 5.11 Å². The van der Waals surface area contributed by atoms with Crippen molar-refractivity contribution in [2.45, 2.75) is 13.3 Å². The Labute approximate surface area is 145 Å². The second-order valence-electron chi connectivity index (χ2n) is 5.84. The molecule has 1 N–H and O–H groups in total. The molecule has 1 aliphatic rings. The SMILES string of the molecule is Cc1ccc(C2=N/C(=C\c3ccccc3)C(=O)N2CCC(=O)O)cc1. The standard InChI is InChI=1S/C20H18N2O3/c1-14-7-9-16(10-8-14)19-21-17(13-15-5-3-2-4-6-15)20(25)22(19)12-11-18(23)24/h2-10,13H,11-12H2,1H3,(H,23,24)/b17-13-. The van der Waals surface area contributed by atoms with E-state index in [1.54, 1.807) is 6.08 Å². The highest BCUT2D eigenvalue weighted by Crippen LogP contribution is 2.22. The number of carboxylic acid groups (broad SMARTS) is 1. The van der Waals surface area contributed by atoms with Gasteiger partial charge in [0.15, 0.2) is 0 Å². The zero-order valence-corrected chi connectivity index (χ0v) is 13.8. The van der Waals surface area contributed by atoms with Crippen LogP contribution in [0.3, 0.4) is 0 Å². The highest BCUT2D eigenvalue weighted by Gasteiger charge is 2.31. The summed E-state index contributed by atoms with van der Waals surface area (Å²) < 4.78 is 0. The molecule has 0 saturated heterocycles. The van der Waals surface area contributed by atoms with E-state index >= 15 is 0 Å². The van der Waals surface area contributed by atoms with E-state index in [0.29, 0.717) is 11.5 Å².